The summed E-state index contributed by atoms with van der Waals surface area (Å²) in [4.78, 5) is 27.2. The zero-order chi connectivity index (χ0) is 14.5. The third kappa shape index (κ3) is 3.12. The highest BCUT2D eigenvalue weighted by molar-refractivity contribution is 6.01. The standard InChI is InChI=1S/C15H11F2NO2/c16-11-5-2-1-4-10(11)13(19)7-8-14(20)15-12(17)6-3-9-18-15/h1-6,9H,7-8H2. The lowest BCUT2D eigenvalue weighted by Crippen LogP contribution is -2.09. The van der Waals surface area contributed by atoms with Gasteiger partial charge in [0.05, 0.1) is 5.56 Å². The van der Waals surface area contributed by atoms with E-state index in [1.165, 1.54) is 36.5 Å². The molecular weight excluding hydrogens is 264 g/mol. The summed E-state index contributed by atoms with van der Waals surface area (Å²) in [5.74, 6) is -2.43. The molecule has 102 valence electrons. The minimum absolute atomic E-state index is 0.0678. The maximum absolute atomic E-state index is 13.4. The second-order valence-corrected chi connectivity index (χ2v) is 4.16. The van der Waals surface area contributed by atoms with Crippen molar-refractivity contribution < 1.29 is 18.4 Å². The van der Waals surface area contributed by atoms with Crippen molar-refractivity contribution in [2.75, 3.05) is 0 Å². The fourth-order valence-corrected chi connectivity index (χ4v) is 1.76. The number of aromatic nitrogens is 1. The maximum atomic E-state index is 13.4. The molecule has 0 fully saturated rings. The van der Waals surface area contributed by atoms with Gasteiger partial charge in [0.1, 0.15) is 11.5 Å². The van der Waals surface area contributed by atoms with E-state index < -0.39 is 23.2 Å². The first-order chi connectivity index (χ1) is 9.59. The van der Waals surface area contributed by atoms with Crippen LogP contribution in [0.5, 0.6) is 0 Å². The average molecular weight is 275 g/mol. The summed E-state index contributed by atoms with van der Waals surface area (Å²) in [6.07, 6.45) is 0.909. The maximum Gasteiger partial charge on any atom is 0.184 e. The first-order valence-electron chi connectivity index (χ1n) is 6.01. The number of pyridine rings is 1. The number of nitrogens with zero attached hydrogens (tertiary/aromatic N) is 1. The molecule has 2 aromatic rings. The predicted octanol–water partition coefficient (Wildman–Crippen LogP) is 3.21. The highest BCUT2D eigenvalue weighted by Crippen LogP contribution is 2.13. The highest BCUT2D eigenvalue weighted by atomic mass is 19.1. The van der Waals surface area contributed by atoms with Crippen LogP contribution >= 0.6 is 0 Å². The molecule has 0 spiro atoms. The number of rotatable bonds is 5. The van der Waals surface area contributed by atoms with Gasteiger partial charge in [-0.1, -0.05) is 12.1 Å². The van der Waals surface area contributed by atoms with Crippen molar-refractivity contribution in [1.82, 2.24) is 4.98 Å². The van der Waals surface area contributed by atoms with E-state index in [0.29, 0.717) is 0 Å². The van der Waals surface area contributed by atoms with Gasteiger partial charge in [-0.15, -0.1) is 0 Å². The molecule has 0 saturated heterocycles. The molecule has 3 nitrogen and oxygen atoms in total. The number of carbonyl (C=O) groups is 2. The van der Waals surface area contributed by atoms with Crippen LogP contribution in [0.4, 0.5) is 8.78 Å². The minimum Gasteiger partial charge on any atom is -0.294 e. The third-order valence-corrected chi connectivity index (χ3v) is 2.78. The summed E-state index contributed by atoms with van der Waals surface area (Å²) in [5, 5.41) is 0. The van der Waals surface area contributed by atoms with Crippen LogP contribution in [0, 0.1) is 11.6 Å². The lowest BCUT2D eigenvalue weighted by Gasteiger charge is -2.03. The largest absolute Gasteiger partial charge is 0.294 e. The molecule has 5 heteroatoms. The smallest absolute Gasteiger partial charge is 0.184 e. The third-order valence-electron chi connectivity index (χ3n) is 2.78. The fourth-order valence-electron chi connectivity index (χ4n) is 1.76. The van der Waals surface area contributed by atoms with Gasteiger partial charge < -0.3 is 0 Å². The average Bonchev–Trinajstić information content (AvgIpc) is 2.45. The molecule has 1 aromatic carbocycles. The minimum atomic E-state index is -0.726. The SMILES string of the molecule is O=C(CCC(=O)c1ncccc1F)c1ccccc1F. The van der Waals surface area contributed by atoms with Crippen LogP contribution in [0.1, 0.15) is 33.7 Å². The van der Waals surface area contributed by atoms with Crippen molar-refractivity contribution in [3.8, 4) is 0 Å². The van der Waals surface area contributed by atoms with E-state index in [2.05, 4.69) is 4.98 Å². The number of hydrogen-bond acceptors (Lipinski definition) is 3. The topological polar surface area (TPSA) is 47.0 Å². The Morgan fingerprint density at radius 1 is 0.900 bits per heavy atom. The molecular formula is C15H11F2NO2. The Labute approximate surface area is 114 Å². The van der Waals surface area contributed by atoms with Gasteiger partial charge in [-0.3, -0.25) is 14.6 Å². The van der Waals surface area contributed by atoms with Crippen molar-refractivity contribution in [1.29, 1.82) is 0 Å². The Kier molecular flexibility index (Phi) is 4.30. The van der Waals surface area contributed by atoms with Gasteiger partial charge in [-0.25, -0.2) is 8.78 Å². The first kappa shape index (κ1) is 14.0. The van der Waals surface area contributed by atoms with Crippen LogP contribution in [0.3, 0.4) is 0 Å². The fraction of sp³-hybridized carbons (Fsp3) is 0.133. The molecule has 0 atom stereocenters. The van der Waals surface area contributed by atoms with Crippen molar-refractivity contribution in [2.45, 2.75) is 12.8 Å². The van der Waals surface area contributed by atoms with Gasteiger partial charge in [0.15, 0.2) is 17.4 Å². The molecule has 1 heterocycles. The summed E-state index contributed by atoms with van der Waals surface area (Å²) >= 11 is 0. The number of halogens is 2. The summed E-state index contributed by atoms with van der Waals surface area (Å²) in [6, 6.07) is 8.03. The summed E-state index contributed by atoms with van der Waals surface area (Å²) in [7, 11) is 0. The van der Waals surface area contributed by atoms with Crippen LogP contribution in [0.15, 0.2) is 42.6 Å². The van der Waals surface area contributed by atoms with E-state index in [9.17, 15) is 18.4 Å². The van der Waals surface area contributed by atoms with Crippen molar-refractivity contribution in [2.24, 2.45) is 0 Å². The molecule has 1 aromatic heterocycles. The number of benzene rings is 1. The Hall–Kier alpha value is -2.43. The van der Waals surface area contributed by atoms with Crippen LogP contribution in [-0.2, 0) is 0 Å². The van der Waals surface area contributed by atoms with Crippen molar-refractivity contribution >= 4 is 11.6 Å². The van der Waals surface area contributed by atoms with E-state index in [4.69, 9.17) is 0 Å². The molecule has 0 amide bonds. The molecule has 0 aliphatic rings. The number of Topliss-reactive ketones (excluding diaryl/α,β-unsaturated/α-hetero) is 2. The monoisotopic (exact) mass is 275 g/mol. The van der Waals surface area contributed by atoms with Crippen LogP contribution in [0.2, 0.25) is 0 Å². The molecule has 0 saturated carbocycles. The Morgan fingerprint density at radius 3 is 2.25 bits per heavy atom. The Morgan fingerprint density at radius 2 is 1.55 bits per heavy atom. The zero-order valence-electron chi connectivity index (χ0n) is 10.5. The van der Waals surface area contributed by atoms with Gasteiger partial charge in [0, 0.05) is 19.0 Å². The molecule has 2 rings (SSSR count). The molecule has 0 unspecified atom stereocenters. The summed E-state index contributed by atoms with van der Waals surface area (Å²) in [5.41, 5.74) is -0.365. The van der Waals surface area contributed by atoms with Gasteiger partial charge in [-0.05, 0) is 24.3 Å². The molecule has 0 aliphatic heterocycles. The lowest BCUT2D eigenvalue weighted by molar-refractivity contribution is 0.0910. The zero-order valence-corrected chi connectivity index (χ0v) is 10.5. The van der Waals surface area contributed by atoms with E-state index in [1.807, 2.05) is 0 Å². The number of ketones is 2. The predicted molar refractivity (Wildman–Crippen MR) is 68.5 cm³/mol. The quantitative estimate of drug-likeness (QED) is 0.787. The van der Waals surface area contributed by atoms with E-state index >= 15 is 0 Å². The van der Waals surface area contributed by atoms with Gasteiger partial charge >= 0.3 is 0 Å². The Balaban J connectivity index is 2.03. The number of hydrogen-bond donors (Lipinski definition) is 0. The van der Waals surface area contributed by atoms with E-state index in [-0.39, 0.29) is 24.1 Å². The summed E-state index contributed by atoms with van der Waals surface area (Å²) < 4.78 is 26.7. The van der Waals surface area contributed by atoms with Crippen LogP contribution in [0.25, 0.3) is 0 Å². The Bertz CT molecular complexity index is 598. The molecule has 20 heavy (non-hydrogen) atoms. The van der Waals surface area contributed by atoms with Crippen molar-refractivity contribution in [3.63, 3.8) is 0 Å². The lowest BCUT2D eigenvalue weighted by atomic mass is 10.0. The van der Waals surface area contributed by atoms with Gasteiger partial charge in [0.2, 0.25) is 0 Å². The van der Waals surface area contributed by atoms with E-state index in [1.54, 1.807) is 0 Å². The van der Waals surface area contributed by atoms with Gasteiger partial charge in [0.25, 0.3) is 0 Å². The molecule has 0 radical (unpaired) electrons. The van der Waals surface area contributed by atoms with Gasteiger partial charge in [-0.2, -0.15) is 0 Å². The molecule has 0 aliphatic carbocycles. The normalized spacial score (nSPS) is 10.3. The van der Waals surface area contributed by atoms with Crippen molar-refractivity contribution in [3.05, 3.63) is 65.5 Å². The molecule has 0 bridgehead atoms. The van der Waals surface area contributed by atoms with Crippen LogP contribution < -0.4 is 0 Å². The van der Waals surface area contributed by atoms with E-state index in [0.717, 1.165) is 6.07 Å². The second kappa shape index (κ2) is 6.14. The number of carbonyl (C=O) groups excluding carboxylic acids is 2. The summed E-state index contributed by atoms with van der Waals surface area (Å²) in [6.45, 7) is 0. The van der Waals surface area contributed by atoms with Crippen LogP contribution in [-0.4, -0.2) is 16.6 Å². The second-order valence-electron chi connectivity index (χ2n) is 4.16. The first-order valence-corrected chi connectivity index (χ1v) is 6.01. The highest BCUT2D eigenvalue weighted by Gasteiger charge is 2.16. The molecule has 0 N–H and O–H groups in total.